The van der Waals surface area contributed by atoms with Gasteiger partial charge in [0.2, 0.25) is 0 Å². The summed E-state index contributed by atoms with van der Waals surface area (Å²) in [5.74, 6) is -4.09. The molecule has 0 amide bonds. The zero-order valence-corrected chi connectivity index (χ0v) is 9.28. The van der Waals surface area contributed by atoms with Crippen LogP contribution in [0.25, 0.3) is 0 Å². The normalized spacial score (nSPS) is 11.6. The Morgan fingerprint density at radius 3 is 2.71 bits per heavy atom. The van der Waals surface area contributed by atoms with Crippen LogP contribution in [0.3, 0.4) is 0 Å². The third-order valence-corrected chi connectivity index (χ3v) is 2.07. The highest BCUT2D eigenvalue weighted by Crippen LogP contribution is 2.23. The largest absolute Gasteiger partial charge is 0.388 e. The van der Waals surface area contributed by atoms with E-state index in [9.17, 15) is 17.6 Å². The molecule has 8 heteroatoms. The van der Waals surface area contributed by atoms with Gasteiger partial charge in [0.1, 0.15) is 4.99 Å². The van der Waals surface area contributed by atoms with Gasteiger partial charge in [0.25, 0.3) is 0 Å². The fourth-order valence-corrected chi connectivity index (χ4v) is 1.08. The maximum atomic E-state index is 12.6. The van der Waals surface area contributed by atoms with Gasteiger partial charge in [-0.25, -0.2) is 8.78 Å². The maximum absolute atomic E-state index is 12.6. The van der Waals surface area contributed by atoms with Gasteiger partial charge in [-0.2, -0.15) is 8.78 Å². The van der Waals surface area contributed by atoms with Crippen LogP contribution in [-0.4, -0.2) is 28.9 Å². The number of nitrogens with zero attached hydrogens (tertiary/aromatic N) is 1. The minimum atomic E-state index is -4.09. The second kappa shape index (κ2) is 5.26. The minimum Gasteiger partial charge on any atom is -0.388 e. The molecule has 1 aromatic heterocycles. The van der Waals surface area contributed by atoms with E-state index in [0.29, 0.717) is 0 Å². The Hall–Kier alpha value is -1.44. The molecule has 0 aromatic carbocycles. The van der Waals surface area contributed by atoms with Crippen molar-refractivity contribution in [3.05, 3.63) is 24.0 Å². The standard InChI is InChI=1S/C9H9F4N3S/c10-8(11)9(12,13)4-16-5-1-2-15-6(3-5)7(14)17/h1-3,8H,4H2,(H2,14,17)(H,15,16). The van der Waals surface area contributed by atoms with Crippen molar-refractivity contribution in [1.29, 1.82) is 0 Å². The fourth-order valence-electron chi connectivity index (χ4n) is 0.972. The molecule has 0 fully saturated rings. The number of aromatic nitrogens is 1. The molecule has 0 aliphatic carbocycles. The van der Waals surface area contributed by atoms with Gasteiger partial charge in [-0.3, -0.25) is 4.98 Å². The first kappa shape index (κ1) is 13.6. The molecule has 1 heterocycles. The SMILES string of the molecule is NC(=S)c1cc(NCC(F)(F)C(F)F)ccn1. The minimum absolute atomic E-state index is 0.00531. The van der Waals surface area contributed by atoms with Crippen LogP contribution in [0.4, 0.5) is 23.2 Å². The van der Waals surface area contributed by atoms with E-state index in [1.165, 1.54) is 18.3 Å². The van der Waals surface area contributed by atoms with E-state index in [0.717, 1.165) is 0 Å². The van der Waals surface area contributed by atoms with E-state index >= 15 is 0 Å². The lowest BCUT2D eigenvalue weighted by Gasteiger charge is -2.16. The van der Waals surface area contributed by atoms with Gasteiger partial charge in [-0.15, -0.1) is 0 Å². The molecule has 17 heavy (non-hydrogen) atoms. The fraction of sp³-hybridized carbons (Fsp3) is 0.333. The predicted molar refractivity (Wildman–Crippen MR) is 59.6 cm³/mol. The first-order valence-corrected chi connectivity index (χ1v) is 4.89. The van der Waals surface area contributed by atoms with Crippen molar-refractivity contribution in [3.63, 3.8) is 0 Å². The van der Waals surface area contributed by atoms with Crippen molar-refractivity contribution < 1.29 is 17.6 Å². The average Bonchev–Trinajstić information content (AvgIpc) is 2.26. The molecule has 0 saturated heterocycles. The number of nitrogens with one attached hydrogen (secondary N) is 1. The molecule has 1 rings (SSSR count). The Balaban J connectivity index is 2.70. The topological polar surface area (TPSA) is 50.9 Å². The van der Waals surface area contributed by atoms with E-state index < -0.39 is 18.9 Å². The van der Waals surface area contributed by atoms with Crippen LogP contribution in [-0.2, 0) is 0 Å². The molecule has 0 atom stereocenters. The zero-order valence-electron chi connectivity index (χ0n) is 8.46. The number of hydrogen-bond acceptors (Lipinski definition) is 3. The van der Waals surface area contributed by atoms with Crippen molar-refractivity contribution in [2.24, 2.45) is 5.73 Å². The van der Waals surface area contributed by atoms with Crippen LogP contribution in [0, 0.1) is 0 Å². The van der Waals surface area contributed by atoms with Gasteiger partial charge in [-0.1, -0.05) is 12.2 Å². The second-order valence-corrected chi connectivity index (χ2v) is 3.65. The Morgan fingerprint density at radius 2 is 2.18 bits per heavy atom. The van der Waals surface area contributed by atoms with Gasteiger partial charge in [0.15, 0.2) is 0 Å². The first-order valence-electron chi connectivity index (χ1n) is 4.48. The summed E-state index contributed by atoms with van der Waals surface area (Å²) in [6.45, 7) is -1.18. The smallest absolute Gasteiger partial charge is 0.324 e. The van der Waals surface area contributed by atoms with Crippen molar-refractivity contribution in [1.82, 2.24) is 4.98 Å². The monoisotopic (exact) mass is 267 g/mol. The molecule has 94 valence electrons. The van der Waals surface area contributed by atoms with Crippen LogP contribution >= 0.6 is 12.2 Å². The summed E-state index contributed by atoms with van der Waals surface area (Å²) in [6, 6.07) is 2.66. The summed E-state index contributed by atoms with van der Waals surface area (Å²) in [4.78, 5) is 3.77. The Morgan fingerprint density at radius 1 is 1.53 bits per heavy atom. The zero-order chi connectivity index (χ0) is 13.1. The molecule has 0 spiro atoms. The number of thiocarbonyl (C=S) groups is 1. The summed E-state index contributed by atoms with van der Waals surface area (Å²) in [5, 5.41) is 2.18. The highest BCUT2D eigenvalue weighted by atomic mass is 32.1. The van der Waals surface area contributed by atoms with Crippen LogP contribution in [0.2, 0.25) is 0 Å². The summed E-state index contributed by atoms with van der Waals surface area (Å²) < 4.78 is 49.0. The highest BCUT2D eigenvalue weighted by Gasteiger charge is 2.40. The molecule has 1 aromatic rings. The third-order valence-electron chi connectivity index (χ3n) is 1.86. The number of anilines is 1. The molecule has 0 unspecified atom stereocenters. The second-order valence-electron chi connectivity index (χ2n) is 3.21. The lowest BCUT2D eigenvalue weighted by Crippen LogP contribution is -2.34. The van der Waals surface area contributed by atoms with Crippen molar-refractivity contribution in [2.45, 2.75) is 12.3 Å². The Labute approximate surface area is 100 Å². The Bertz CT molecular complexity index is 411. The summed E-state index contributed by atoms with van der Waals surface area (Å²) in [7, 11) is 0. The summed E-state index contributed by atoms with van der Waals surface area (Å²) in [5.41, 5.74) is 5.71. The van der Waals surface area contributed by atoms with E-state index in [1.807, 2.05) is 0 Å². The van der Waals surface area contributed by atoms with Crippen molar-refractivity contribution >= 4 is 22.9 Å². The van der Waals surface area contributed by atoms with E-state index in [1.54, 1.807) is 0 Å². The van der Waals surface area contributed by atoms with Crippen molar-refractivity contribution in [2.75, 3.05) is 11.9 Å². The number of nitrogens with two attached hydrogens (primary N) is 1. The van der Waals surface area contributed by atoms with E-state index in [2.05, 4.69) is 22.5 Å². The Kier molecular flexibility index (Phi) is 4.22. The number of rotatable bonds is 5. The molecule has 3 N–H and O–H groups in total. The number of halogens is 4. The first-order chi connectivity index (χ1) is 7.83. The quantitative estimate of drug-likeness (QED) is 0.633. The van der Waals surface area contributed by atoms with Gasteiger partial charge in [-0.05, 0) is 12.1 Å². The molecule has 0 aliphatic rings. The van der Waals surface area contributed by atoms with Crippen LogP contribution in [0.15, 0.2) is 18.3 Å². The molecule has 0 bridgehead atoms. The summed E-state index contributed by atoms with van der Waals surface area (Å²) >= 11 is 4.64. The maximum Gasteiger partial charge on any atom is 0.324 e. The summed E-state index contributed by atoms with van der Waals surface area (Å²) in [6.07, 6.45) is -2.43. The molecule has 3 nitrogen and oxygen atoms in total. The van der Waals surface area contributed by atoms with E-state index in [-0.39, 0.29) is 16.4 Å². The van der Waals surface area contributed by atoms with E-state index in [4.69, 9.17) is 5.73 Å². The number of pyridine rings is 1. The third kappa shape index (κ3) is 3.81. The van der Waals surface area contributed by atoms with Crippen LogP contribution in [0.5, 0.6) is 0 Å². The lowest BCUT2D eigenvalue weighted by atomic mass is 10.3. The molecular weight excluding hydrogens is 258 g/mol. The lowest BCUT2D eigenvalue weighted by molar-refractivity contribution is -0.117. The van der Waals surface area contributed by atoms with Gasteiger partial charge in [0.05, 0.1) is 12.2 Å². The predicted octanol–water partition coefficient (Wildman–Crippen LogP) is 2.03. The van der Waals surface area contributed by atoms with Gasteiger partial charge >= 0.3 is 12.3 Å². The van der Waals surface area contributed by atoms with Crippen molar-refractivity contribution in [3.8, 4) is 0 Å². The number of alkyl halides is 4. The van der Waals surface area contributed by atoms with Crippen LogP contribution < -0.4 is 11.1 Å². The van der Waals surface area contributed by atoms with Gasteiger partial charge in [0, 0.05) is 11.9 Å². The molecule has 0 saturated carbocycles. The molecule has 0 radical (unpaired) electrons. The highest BCUT2D eigenvalue weighted by molar-refractivity contribution is 7.80. The molecule has 0 aliphatic heterocycles. The average molecular weight is 267 g/mol. The van der Waals surface area contributed by atoms with Crippen LogP contribution in [0.1, 0.15) is 5.69 Å². The number of hydrogen-bond donors (Lipinski definition) is 2. The molecular formula is C9H9F4N3S. The van der Waals surface area contributed by atoms with Gasteiger partial charge < -0.3 is 11.1 Å².